The molecule has 0 aromatic heterocycles. The van der Waals surface area contributed by atoms with Gasteiger partial charge in [0.15, 0.2) is 0 Å². The van der Waals surface area contributed by atoms with E-state index < -0.39 is 30.5 Å². The lowest BCUT2D eigenvalue weighted by Gasteiger charge is -2.48. The fourth-order valence-corrected chi connectivity index (χ4v) is 5.93. The number of carboxylic acids is 1. The third kappa shape index (κ3) is 5.01. The molecule has 8 nitrogen and oxygen atoms in total. The summed E-state index contributed by atoms with van der Waals surface area (Å²) >= 11 is 0. The molecule has 3 amide bonds. The number of carbonyl (C=O) groups excluding carboxylic acids is 2. The highest BCUT2D eigenvalue weighted by Crippen LogP contribution is 2.53. The van der Waals surface area contributed by atoms with E-state index in [9.17, 15) is 32.7 Å². The van der Waals surface area contributed by atoms with Gasteiger partial charge in [0.25, 0.3) is 5.91 Å². The molecule has 1 heterocycles. The summed E-state index contributed by atoms with van der Waals surface area (Å²) < 4.78 is 42.4. The Kier molecular flexibility index (Phi) is 6.70. The number of rotatable bonds is 6. The Morgan fingerprint density at radius 2 is 1.79 bits per heavy atom. The summed E-state index contributed by atoms with van der Waals surface area (Å²) in [6.07, 6.45) is -0.996. The molecule has 3 atom stereocenters. The standard InChI is InChI=1S/C27H28F3N3O5/c1-31(15-23(34)35)26(37)32(17-12-13-17)24-19-8-2-3-10-21(19)33(22-11-5-9-20(22)24)25(36)16-6-4-7-18(14-16)38-27(28,29)30/h2-4,6-8,10,14,17,20,22,24H,5,9,11-13,15H2,1H3,(H,34,35). The smallest absolute Gasteiger partial charge is 0.480 e. The molecule has 0 saturated heterocycles. The number of aliphatic carboxylic acids is 1. The highest BCUT2D eigenvalue weighted by atomic mass is 19.4. The van der Waals surface area contributed by atoms with Gasteiger partial charge in [-0.15, -0.1) is 13.2 Å². The first-order valence-corrected chi connectivity index (χ1v) is 12.6. The van der Waals surface area contributed by atoms with E-state index in [4.69, 9.17) is 0 Å². The Bertz CT molecular complexity index is 1250. The summed E-state index contributed by atoms with van der Waals surface area (Å²) in [6, 6.07) is 11.3. The zero-order valence-electron chi connectivity index (χ0n) is 20.7. The molecule has 38 heavy (non-hydrogen) atoms. The quantitative estimate of drug-likeness (QED) is 0.563. The maximum atomic E-state index is 13.8. The van der Waals surface area contributed by atoms with E-state index in [0.717, 1.165) is 43.4 Å². The van der Waals surface area contributed by atoms with Crippen LogP contribution in [-0.2, 0) is 4.79 Å². The second-order valence-corrected chi connectivity index (χ2v) is 10.1. The number of para-hydroxylation sites is 1. The van der Waals surface area contributed by atoms with Gasteiger partial charge >= 0.3 is 18.4 Å². The molecule has 0 bridgehead atoms. The van der Waals surface area contributed by atoms with Crippen molar-refractivity contribution in [3.63, 3.8) is 0 Å². The normalized spacial score (nSPS) is 22.3. The number of hydrogen-bond donors (Lipinski definition) is 1. The van der Waals surface area contributed by atoms with Crippen LogP contribution in [0.25, 0.3) is 0 Å². The maximum absolute atomic E-state index is 13.8. The monoisotopic (exact) mass is 531 g/mol. The number of hydrogen-bond acceptors (Lipinski definition) is 4. The van der Waals surface area contributed by atoms with Crippen LogP contribution in [0.15, 0.2) is 48.5 Å². The highest BCUT2D eigenvalue weighted by molar-refractivity contribution is 6.07. The number of fused-ring (bicyclic) bond motifs is 2. The van der Waals surface area contributed by atoms with E-state index in [1.165, 1.54) is 24.1 Å². The van der Waals surface area contributed by atoms with Crippen LogP contribution < -0.4 is 9.64 Å². The number of benzene rings is 2. The molecule has 0 spiro atoms. The molecule has 1 aliphatic heterocycles. The van der Waals surface area contributed by atoms with Gasteiger partial charge in [-0.1, -0.05) is 30.7 Å². The molecule has 0 radical (unpaired) electrons. The Hall–Kier alpha value is -3.76. The average Bonchev–Trinajstić information content (AvgIpc) is 3.57. The van der Waals surface area contributed by atoms with Gasteiger partial charge in [-0.3, -0.25) is 9.59 Å². The number of carboxylic acid groups (broad SMARTS) is 1. The summed E-state index contributed by atoms with van der Waals surface area (Å²) in [6.45, 7) is -0.425. The fourth-order valence-electron chi connectivity index (χ4n) is 5.93. The van der Waals surface area contributed by atoms with Crippen molar-refractivity contribution in [1.29, 1.82) is 0 Å². The van der Waals surface area contributed by atoms with Crippen LogP contribution >= 0.6 is 0 Å². The molecule has 1 N–H and O–H groups in total. The number of carbonyl (C=O) groups is 3. The fraction of sp³-hybridized carbons (Fsp3) is 0.444. The molecule has 2 aromatic rings. The molecule has 2 fully saturated rings. The van der Waals surface area contributed by atoms with Gasteiger partial charge < -0.3 is 24.5 Å². The number of halogens is 3. The first-order chi connectivity index (χ1) is 18.0. The minimum absolute atomic E-state index is 0.0171. The van der Waals surface area contributed by atoms with Crippen LogP contribution in [0.3, 0.4) is 0 Å². The molecule has 3 unspecified atom stereocenters. The minimum atomic E-state index is -4.88. The molecule has 11 heteroatoms. The van der Waals surface area contributed by atoms with Crippen molar-refractivity contribution in [3.05, 3.63) is 59.7 Å². The molecule has 2 saturated carbocycles. The van der Waals surface area contributed by atoms with Crippen LogP contribution in [-0.4, -0.2) is 64.9 Å². The van der Waals surface area contributed by atoms with Gasteiger partial charge in [-0.05, 0) is 55.5 Å². The van der Waals surface area contributed by atoms with Crippen molar-refractivity contribution in [2.75, 3.05) is 18.5 Å². The lowest BCUT2D eigenvalue weighted by molar-refractivity contribution is -0.274. The number of ether oxygens (including phenoxy) is 1. The number of amides is 3. The van der Waals surface area contributed by atoms with Crippen molar-refractivity contribution in [2.24, 2.45) is 5.92 Å². The lowest BCUT2D eigenvalue weighted by Crippen LogP contribution is -2.55. The summed E-state index contributed by atoms with van der Waals surface area (Å²) in [5.41, 5.74) is 1.45. The van der Waals surface area contributed by atoms with Crippen molar-refractivity contribution in [1.82, 2.24) is 9.80 Å². The van der Waals surface area contributed by atoms with E-state index in [1.807, 2.05) is 12.1 Å². The maximum Gasteiger partial charge on any atom is 0.573 e. The minimum Gasteiger partial charge on any atom is -0.480 e. The molecule has 202 valence electrons. The third-order valence-electron chi connectivity index (χ3n) is 7.48. The predicted octanol–water partition coefficient (Wildman–Crippen LogP) is 5.06. The molecular weight excluding hydrogens is 503 g/mol. The Labute approximate surface area is 217 Å². The zero-order chi connectivity index (χ0) is 27.2. The van der Waals surface area contributed by atoms with Crippen LogP contribution in [0.1, 0.15) is 54.1 Å². The van der Waals surface area contributed by atoms with Crippen LogP contribution in [0.5, 0.6) is 5.75 Å². The summed E-state index contributed by atoms with van der Waals surface area (Å²) in [5, 5.41) is 9.25. The average molecular weight is 532 g/mol. The predicted molar refractivity (Wildman–Crippen MR) is 131 cm³/mol. The van der Waals surface area contributed by atoms with E-state index >= 15 is 0 Å². The van der Waals surface area contributed by atoms with Gasteiger partial charge in [0.2, 0.25) is 0 Å². The number of likely N-dealkylation sites (N-methyl/N-ethyl adjacent to an activating group) is 1. The third-order valence-corrected chi connectivity index (χ3v) is 7.48. The number of anilines is 1. The summed E-state index contributed by atoms with van der Waals surface area (Å²) in [7, 11) is 1.47. The van der Waals surface area contributed by atoms with Gasteiger partial charge in [-0.25, -0.2) is 4.79 Å². The van der Waals surface area contributed by atoms with Gasteiger partial charge in [0.1, 0.15) is 12.3 Å². The van der Waals surface area contributed by atoms with E-state index in [0.29, 0.717) is 12.1 Å². The molecule has 3 aliphatic rings. The Morgan fingerprint density at radius 1 is 1.05 bits per heavy atom. The van der Waals surface area contributed by atoms with Crippen LogP contribution in [0.2, 0.25) is 0 Å². The number of alkyl halides is 3. The first kappa shape index (κ1) is 25.9. The van der Waals surface area contributed by atoms with Gasteiger partial charge in [-0.2, -0.15) is 0 Å². The van der Waals surface area contributed by atoms with Gasteiger partial charge in [0, 0.05) is 36.3 Å². The van der Waals surface area contributed by atoms with Crippen molar-refractivity contribution in [2.45, 2.75) is 56.6 Å². The van der Waals surface area contributed by atoms with Crippen LogP contribution in [0.4, 0.5) is 23.7 Å². The Balaban J connectivity index is 1.54. The number of urea groups is 1. The Morgan fingerprint density at radius 3 is 2.47 bits per heavy atom. The molecule has 2 aliphatic carbocycles. The second-order valence-electron chi connectivity index (χ2n) is 10.1. The lowest BCUT2D eigenvalue weighted by atomic mass is 9.81. The topological polar surface area (TPSA) is 90.4 Å². The number of nitrogens with zero attached hydrogens (tertiary/aromatic N) is 3. The van der Waals surface area contributed by atoms with E-state index in [1.54, 1.807) is 21.9 Å². The van der Waals surface area contributed by atoms with Crippen molar-refractivity contribution >= 4 is 23.6 Å². The zero-order valence-corrected chi connectivity index (χ0v) is 20.7. The summed E-state index contributed by atoms with van der Waals surface area (Å²) in [4.78, 5) is 43.4. The van der Waals surface area contributed by atoms with Crippen LogP contribution in [0, 0.1) is 5.92 Å². The van der Waals surface area contributed by atoms with Crippen molar-refractivity contribution in [3.8, 4) is 5.75 Å². The SMILES string of the molecule is CN(CC(=O)O)C(=O)N(C1CC1)C1c2ccccc2N(C(=O)c2cccc(OC(F)(F)F)c2)C2CCCC21. The van der Waals surface area contributed by atoms with Gasteiger partial charge in [0.05, 0.1) is 6.04 Å². The first-order valence-electron chi connectivity index (χ1n) is 12.6. The molecule has 2 aromatic carbocycles. The molecule has 5 rings (SSSR count). The van der Waals surface area contributed by atoms with E-state index in [2.05, 4.69) is 4.74 Å². The molecular formula is C27H28F3N3O5. The second kappa shape index (κ2) is 9.85. The van der Waals surface area contributed by atoms with E-state index in [-0.39, 0.29) is 35.6 Å². The largest absolute Gasteiger partial charge is 0.573 e. The van der Waals surface area contributed by atoms with Crippen molar-refractivity contribution < 1.29 is 37.4 Å². The summed E-state index contributed by atoms with van der Waals surface area (Å²) in [5.74, 6) is -2.12. The highest BCUT2D eigenvalue weighted by Gasteiger charge is 2.52.